The van der Waals surface area contributed by atoms with Crippen molar-refractivity contribution in [3.05, 3.63) is 35.4 Å². The molecule has 1 fully saturated rings. The van der Waals surface area contributed by atoms with E-state index in [9.17, 15) is 0 Å². The third-order valence-corrected chi connectivity index (χ3v) is 1.99. The van der Waals surface area contributed by atoms with Crippen molar-refractivity contribution in [1.29, 1.82) is 5.26 Å². The zero-order valence-electron chi connectivity index (χ0n) is 6.82. The molecule has 1 aromatic rings. The highest BCUT2D eigenvalue weighted by molar-refractivity contribution is 5.29. The Balaban J connectivity index is 2.21. The Bertz CT molecular complexity index is 340. The molecule has 1 heterocycles. The number of nitrogens with zero attached hydrogens (tertiary/aromatic N) is 1. The smallest absolute Gasteiger partial charge is 0.175 e. The van der Waals surface area contributed by atoms with Gasteiger partial charge < -0.3 is 4.74 Å². The van der Waals surface area contributed by atoms with E-state index in [0.29, 0.717) is 0 Å². The Labute approximate surface area is 71.4 Å². The van der Waals surface area contributed by atoms with Crippen molar-refractivity contribution in [2.24, 2.45) is 0 Å². The lowest BCUT2D eigenvalue weighted by Crippen LogP contribution is -1.85. The number of epoxide rings is 1. The van der Waals surface area contributed by atoms with Crippen molar-refractivity contribution < 1.29 is 4.74 Å². The summed E-state index contributed by atoms with van der Waals surface area (Å²) >= 11 is 0. The monoisotopic (exact) mass is 159 g/mol. The third kappa shape index (κ3) is 1.19. The van der Waals surface area contributed by atoms with Crippen LogP contribution in [0.2, 0.25) is 0 Å². The minimum absolute atomic E-state index is 0.0231. The lowest BCUT2D eigenvalue weighted by atomic mass is 10.1. The first-order valence-electron chi connectivity index (χ1n) is 3.93. The molecular formula is C10H9NO. The molecule has 2 rings (SSSR count). The maximum absolute atomic E-state index is 8.53. The number of nitriles is 1. The lowest BCUT2D eigenvalue weighted by molar-refractivity contribution is 0.396. The maximum atomic E-state index is 8.53. The zero-order chi connectivity index (χ0) is 8.55. The van der Waals surface area contributed by atoms with Crippen LogP contribution in [0.3, 0.4) is 0 Å². The van der Waals surface area contributed by atoms with E-state index in [1.54, 1.807) is 0 Å². The van der Waals surface area contributed by atoms with Gasteiger partial charge in [-0.3, -0.25) is 0 Å². The van der Waals surface area contributed by atoms with Crippen LogP contribution in [0.5, 0.6) is 0 Å². The molecule has 0 aliphatic carbocycles. The molecule has 0 saturated carbocycles. The number of aryl methyl sites for hydroxylation is 1. The van der Waals surface area contributed by atoms with Gasteiger partial charge in [0.2, 0.25) is 0 Å². The summed E-state index contributed by atoms with van der Waals surface area (Å²) in [6.07, 6.45) is -0.193. The van der Waals surface area contributed by atoms with Gasteiger partial charge in [-0.2, -0.15) is 5.26 Å². The Morgan fingerprint density at radius 3 is 2.92 bits per heavy atom. The molecule has 12 heavy (non-hydrogen) atoms. The molecule has 0 amide bonds. The predicted molar refractivity (Wildman–Crippen MR) is 44.4 cm³/mol. The van der Waals surface area contributed by atoms with Crippen molar-refractivity contribution in [2.45, 2.75) is 19.1 Å². The average molecular weight is 159 g/mol. The van der Waals surface area contributed by atoms with Crippen molar-refractivity contribution in [3.63, 3.8) is 0 Å². The van der Waals surface area contributed by atoms with Crippen molar-refractivity contribution in [1.82, 2.24) is 0 Å². The summed E-state index contributed by atoms with van der Waals surface area (Å²) < 4.78 is 5.15. The van der Waals surface area contributed by atoms with Crippen LogP contribution in [0.1, 0.15) is 17.2 Å². The minimum Gasteiger partial charge on any atom is -0.348 e. The minimum atomic E-state index is -0.216. The molecular weight excluding hydrogens is 150 g/mol. The molecule has 1 aromatic carbocycles. The average Bonchev–Trinajstić information content (AvgIpc) is 2.83. The second-order valence-corrected chi connectivity index (χ2v) is 3.02. The standard InChI is InChI=1S/C10H9NO/c1-7-3-2-4-8(5-7)10-9(6-11)12-10/h2-5,9-10H,1H3/t9-,10-/m1/s1. The van der Waals surface area contributed by atoms with E-state index in [-0.39, 0.29) is 12.2 Å². The van der Waals surface area contributed by atoms with Crippen LogP contribution >= 0.6 is 0 Å². The number of hydrogen-bond acceptors (Lipinski definition) is 2. The molecule has 0 unspecified atom stereocenters. The zero-order valence-corrected chi connectivity index (χ0v) is 6.82. The van der Waals surface area contributed by atoms with Gasteiger partial charge >= 0.3 is 0 Å². The third-order valence-electron chi connectivity index (χ3n) is 1.99. The van der Waals surface area contributed by atoms with Crippen molar-refractivity contribution in [2.75, 3.05) is 0 Å². The van der Waals surface area contributed by atoms with Crippen LogP contribution in [0.15, 0.2) is 24.3 Å². The largest absolute Gasteiger partial charge is 0.348 e. The Morgan fingerprint density at radius 2 is 2.33 bits per heavy atom. The molecule has 2 atom stereocenters. The fourth-order valence-electron chi connectivity index (χ4n) is 1.31. The molecule has 0 aromatic heterocycles. The molecule has 0 radical (unpaired) electrons. The van der Waals surface area contributed by atoms with Crippen molar-refractivity contribution in [3.8, 4) is 6.07 Å². The summed E-state index contributed by atoms with van der Waals surface area (Å²) in [5.74, 6) is 0. The molecule has 1 saturated heterocycles. The highest BCUT2D eigenvalue weighted by Gasteiger charge is 2.40. The SMILES string of the molecule is Cc1cccc([C@H]2O[C@@H]2C#N)c1. The molecule has 1 aliphatic heterocycles. The first-order chi connectivity index (χ1) is 5.81. The van der Waals surface area contributed by atoms with Gasteiger partial charge in [-0.15, -0.1) is 0 Å². The van der Waals surface area contributed by atoms with Crippen LogP contribution in [0.25, 0.3) is 0 Å². The van der Waals surface area contributed by atoms with Gasteiger partial charge in [0.15, 0.2) is 6.10 Å². The van der Waals surface area contributed by atoms with E-state index >= 15 is 0 Å². The predicted octanol–water partition coefficient (Wildman–Crippen LogP) is 1.96. The molecule has 0 spiro atoms. The van der Waals surface area contributed by atoms with Gasteiger partial charge in [0, 0.05) is 0 Å². The lowest BCUT2D eigenvalue weighted by Gasteiger charge is -1.95. The summed E-state index contributed by atoms with van der Waals surface area (Å²) in [5, 5.41) is 8.53. The normalized spacial score (nSPS) is 26.3. The maximum Gasteiger partial charge on any atom is 0.175 e. The van der Waals surface area contributed by atoms with E-state index in [0.717, 1.165) is 5.56 Å². The summed E-state index contributed by atoms with van der Waals surface area (Å²) in [6.45, 7) is 2.03. The van der Waals surface area contributed by atoms with Crippen LogP contribution in [-0.4, -0.2) is 6.10 Å². The van der Waals surface area contributed by atoms with Crippen LogP contribution in [0.4, 0.5) is 0 Å². The first kappa shape index (κ1) is 7.33. The summed E-state index contributed by atoms with van der Waals surface area (Å²) in [7, 11) is 0. The molecule has 0 N–H and O–H groups in total. The molecule has 2 nitrogen and oxygen atoms in total. The van der Waals surface area contributed by atoms with Gasteiger partial charge in [-0.1, -0.05) is 29.8 Å². The summed E-state index contributed by atoms with van der Waals surface area (Å²) in [5.41, 5.74) is 2.32. The number of hydrogen-bond donors (Lipinski definition) is 0. The van der Waals surface area contributed by atoms with Crippen LogP contribution < -0.4 is 0 Å². The fraction of sp³-hybridized carbons (Fsp3) is 0.300. The van der Waals surface area contributed by atoms with Crippen molar-refractivity contribution >= 4 is 0 Å². The highest BCUT2D eigenvalue weighted by Crippen LogP contribution is 2.38. The molecule has 2 heteroatoms. The second kappa shape index (κ2) is 2.62. The summed E-state index contributed by atoms with van der Waals surface area (Å²) in [6, 6.07) is 10.2. The molecule has 60 valence electrons. The Morgan fingerprint density at radius 1 is 1.50 bits per heavy atom. The highest BCUT2D eigenvalue weighted by atomic mass is 16.6. The Hall–Kier alpha value is -1.33. The van der Waals surface area contributed by atoms with Gasteiger partial charge in [-0.05, 0) is 12.5 Å². The molecule has 1 aliphatic rings. The van der Waals surface area contributed by atoms with E-state index in [1.165, 1.54) is 5.56 Å². The number of ether oxygens (including phenoxy) is 1. The number of benzene rings is 1. The summed E-state index contributed by atoms with van der Waals surface area (Å²) in [4.78, 5) is 0. The molecule has 0 bridgehead atoms. The van der Waals surface area contributed by atoms with Gasteiger partial charge in [-0.25, -0.2) is 0 Å². The van der Waals surface area contributed by atoms with Crippen LogP contribution in [-0.2, 0) is 4.74 Å². The quantitative estimate of drug-likeness (QED) is 0.587. The van der Waals surface area contributed by atoms with Gasteiger partial charge in [0.1, 0.15) is 6.10 Å². The number of rotatable bonds is 1. The van der Waals surface area contributed by atoms with Crippen LogP contribution in [0, 0.1) is 18.3 Å². The first-order valence-corrected chi connectivity index (χ1v) is 3.93. The van der Waals surface area contributed by atoms with E-state index in [2.05, 4.69) is 12.1 Å². The van der Waals surface area contributed by atoms with Gasteiger partial charge in [0.05, 0.1) is 6.07 Å². The second-order valence-electron chi connectivity index (χ2n) is 3.02. The van der Waals surface area contributed by atoms with Gasteiger partial charge in [0.25, 0.3) is 0 Å². The Kier molecular flexibility index (Phi) is 1.60. The van der Waals surface area contributed by atoms with E-state index in [4.69, 9.17) is 10.00 Å². The fourth-order valence-corrected chi connectivity index (χ4v) is 1.31. The van der Waals surface area contributed by atoms with E-state index in [1.807, 2.05) is 25.1 Å². The topological polar surface area (TPSA) is 36.3 Å². The van der Waals surface area contributed by atoms with E-state index < -0.39 is 0 Å².